The average molecular weight is 316 g/mol. The fraction of sp³-hybridized carbons (Fsp3) is 1.00. The van der Waals surface area contributed by atoms with E-state index in [0.717, 1.165) is 51.6 Å². The fourth-order valence-corrected chi connectivity index (χ4v) is 6.85. The summed E-state index contributed by atoms with van der Waals surface area (Å²) in [7, 11) is -3.00. The highest BCUT2D eigenvalue weighted by Crippen LogP contribution is 2.44. The Morgan fingerprint density at radius 1 is 1.14 bits per heavy atom. The molecule has 3 atom stereocenters. The van der Waals surface area contributed by atoms with Crippen molar-refractivity contribution >= 4 is 9.84 Å². The van der Waals surface area contributed by atoms with Crippen molar-refractivity contribution in [1.29, 1.82) is 0 Å². The molecule has 122 valence electrons. The molecule has 1 saturated carbocycles. The summed E-state index contributed by atoms with van der Waals surface area (Å²) in [5.74, 6) is 6.43. The first-order chi connectivity index (χ1) is 10.1. The Kier molecular flexibility index (Phi) is 4.60. The van der Waals surface area contributed by atoms with Crippen LogP contribution in [0.1, 0.15) is 57.8 Å². The van der Waals surface area contributed by atoms with Gasteiger partial charge in [-0.3, -0.25) is 11.3 Å². The molecule has 0 aromatic carbocycles. The molecule has 0 amide bonds. The number of hydrazine groups is 1. The van der Waals surface area contributed by atoms with Gasteiger partial charge in [0.05, 0.1) is 16.6 Å². The molecule has 1 spiro atoms. The van der Waals surface area contributed by atoms with Crippen LogP contribution in [0.15, 0.2) is 0 Å². The minimum Gasteiger partial charge on any atom is -0.375 e. The standard InChI is InChI=1S/C15H28N2O3S/c16-17-14(13-5-1-4-10-21(13,18)19)12-6-9-20-15(11-12)7-2-3-8-15/h12-14,17H,1-11,16H2. The van der Waals surface area contributed by atoms with Crippen LogP contribution < -0.4 is 11.3 Å². The number of sulfone groups is 1. The molecule has 2 saturated heterocycles. The summed E-state index contributed by atoms with van der Waals surface area (Å²) in [6.07, 6.45) is 9.14. The second-order valence-electron chi connectivity index (χ2n) is 7.09. The van der Waals surface area contributed by atoms with Crippen LogP contribution >= 0.6 is 0 Å². The highest BCUT2D eigenvalue weighted by Gasteiger charge is 2.46. The van der Waals surface area contributed by atoms with Gasteiger partial charge in [0.25, 0.3) is 0 Å². The number of nitrogens with one attached hydrogen (secondary N) is 1. The lowest BCUT2D eigenvalue weighted by Gasteiger charge is -2.43. The topological polar surface area (TPSA) is 81.4 Å². The Morgan fingerprint density at radius 2 is 1.90 bits per heavy atom. The van der Waals surface area contributed by atoms with E-state index < -0.39 is 9.84 Å². The SMILES string of the molecule is NNC(C1CCOC2(CCCC2)C1)C1CCCCS1(=O)=O. The van der Waals surface area contributed by atoms with Gasteiger partial charge in [0.15, 0.2) is 9.84 Å². The van der Waals surface area contributed by atoms with E-state index in [1.54, 1.807) is 0 Å². The van der Waals surface area contributed by atoms with Crippen molar-refractivity contribution in [2.45, 2.75) is 74.7 Å². The maximum Gasteiger partial charge on any atom is 0.154 e. The van der Waals surface area contributed by atoms with E-state index in [-0.39, 0.29) is 16.9 Å². The number of hydrogen-bond donors (Lipinski definition) is 2. The van der Waals surface area contributed by atoms with Crippen LogP contribution in [0.25, 0.3) is 0 Å². The lowest BCUT2D eigenvalue weighted by Crippen LogP contribution is -2.56. The molecular weight excluding hydrogens is 288 g/mol. The van der Waals surface area contributed by atoms with Crippen LogP contribution in [0.3, 0.4) is 0 Å². The molecule has 21 heavy (non-hydrogen) atoms. The molecule has 6 heteroatoms. The Labute approximate surface area is 127 Å². The number of ether oxygens (including phenoxy) is 1. The summed E-state index contributed by atoms with van der Waals surface area (Å²) >= 11 is 0. The summed E-state index contributed by atoms with van der Waals surface area (Å²) in [6, 6.07) is -0.114. The second kappa shape index (κ2) is 6.14. The highest BCUT2D eigenvalue weighted by atomic mass is 32.2. The number of nitrogens with two attached hydrogens (primary N) is 1. The van der Waals surface area contributed by atoms with Crippen molar-refractivity contribution in [3.05, 3.63) is 0 Å². The minimum atomic E-state index is -3.00. The van der Waals surface area contributed by atoms with Crippen LogP contribution in [0, 0.1) is 5.92 Å². The van der Waals surface area contributed by atoms with Gasteiger partial charge < -0.3 is 4.74 Å². The first-order valence-electron chi connectivity index (χ1n) is 8.38. The molecule has 3 fully saturated rings. The predicted octanol–water partition coefficient (Wildman–Crippen LogP) is 1.52. The highest BCUT2D eigenvalue weighted by molar-refractivity contribution is 7.92. The Hall–Kier alpha value is -0.170. The summed E-state index contributed by atoms with van der Waals surface area (Å²) in [4.78, 5) is 0. The van der Waals surface area contributed by atoms with Crippen molar-refractivity contribution in [3.63, 3.8) is 0 Å². The normalized spacial score (nSPS) is 36.6. The van der Waals surface area contributed by atoms with Gasteiger partial charge in [-0.2, -0.15) is 0 Å². The average Bonchev–Trinajstić information content (AvgIpc) is 2.89. The molecule has 5 nitrogen and oxygen atoms in total. The Bertz CT molecular complexity index is 460. The number of rotatable bonds is 3. The van der Waals surface area contributed by atoms with Crippen LogP contribution in [0.4, 0.5) is 0 Å². The molecule has 2 aliphatic heterocycles. The molecule has 2 heterocycles. The van der Waals surface area contributed by atoms with Gasteiger partial charge in [0, 0.05) is 12.6 Å². The van der Waals surface area contributed by atoms with Gasteiger partial charge in [-0.05, 0) is 44.4 Å². The zero-order valence-electron chi connectivity index (χ0n) is 12.7. The third-order valence-electron chi connectivity index (χ3n) is 5.78. The predicted molar refractivity (Wildman–Crippen MR) is 82.4 cm³/mol. The van der Waals surface area contributed by atoms with Crippen molar-refractivity contribution in [2.75, 3.05) is 12.4 Å². The first kappa shape index (κ1) is 15.7. The van der Waals surface area contributed by atoms with Gasteiger partial charge >= 0.3 is 0 Å². The van der Waals surface area contributed by atoms with Crippen molar-refractivity contribution in [1.82, 2.24) is 5.43 Å². The minimum absolute atomic E-state index is 0.0104. The van der Waals surface area contributed by atoms with E-state index in [2.05, 4.69) is 5.43 Å². The van der Waals surface area contributed by atoms with Gasteiger partial charge in [-0.1, -0.05) is 19.3 Å². The summed E-state index contributed by atoms with van der Waals surface area (Å²) < 4.78 is 30.9. The van der Waals surface area contributed by atoms with Crippen molar-refractivity contribution in [3.8, 4) is 0 Å². The lowest BCUT2D eigenvalue weighted by molar-refractivity contribution is -0.0982. The molecule has 3 rings (SSSR count). The molecule has 0 aromatic rings. The first-order valence-corrected chi connectivity index (χ1v) is 10.1. The Balaban J connectivity index is 1.76. The van der Waals surface area contributed by atoms with E-state index in [0.29, 0.717) is 11.7 Å². The largest absolute Gasteiger partial charge is 0.375 e. The summed E-state index contributed by atoms with van der Waals surface area (Å²) in [5, 5.41) is -0.308. The molecule has 0 radical (unpaired) electrons. The van der Waals surface area contributed by atoms with Gasteiger partial charge in [-0.15, -0.1) is 0 Å². The van der Waals surface area contributed by atoms with Crippen LogP contribution in [0.5, 0.6) is 0 Å². The van der Waals surface area contributed by atoms with E-state index in [1.807, 2.05) is 0 Å². The smallest absolute Gasteiger partial charge is 0.154 e. The van der Waals surface area contributed by atoms with E-state index in [4.69, 9.17) is 10.6 Å². The third kappa shape index (κ3) is 3.14. The van der Waals surface area contributed by atoms with Crippen LogP contribution in [-0.4, -0.2) is 37.7 Å². The molecule has 0 bridgehead atoms. The van der Waals surface area contributed by atoms with E-state index >= 15 is 0 Å². The maximum absolute atomic E-state index is 12.4. The molecule has 3 N–H and O–H groups in total. The molecular formula is C15H28N2O3S. The van der Waals surface area contributed by atoms with Crippen LogP contribution in [-0.2, 0) is 14.6 Å². The molecule has 3 aliphatic rings. The zero-order chi connectivity index (χ0) is 14.9. The summed E-state index contributed by atoms with van der Waals surface area (Å²) in [5.41, 5.74) is 2.88. The Morgan fingerprint density at radius 3 is 2.57 bits per heavy atom. The van der Waals surface area contributed by atoms with E-state index in [9.17, 15) is 8.42 Å². The maximum atomic E-state index is 12.4. The zero-order valence-corrected chi connectivity index (χ0v) is 13.5. The van der Waals surface area contributed by atoms with Gasteiger partial charge in [0.1, 0.15) is 0 Å². The van der Waals surface area contributed by atoms with Crippen molar-refractivity contribution in [2.24, 2.45) is 11.8 Å². The van der Waals surface area contributed by atoms with Gasteiger partial charge in [-0.25, -0.2) is 8.42 Å². The van der Waals surface area contributed by atoms with E-state index in [1.165, 1.54) is 12.8 Å². The molecule has 3 unspecified atom stereocenters. The molecule has 1 aliphatic carbocycles. The second-order valence-corrected chi connectivity index (χ2v) is 9.42. The van der Waals surface area contributed by atoms with Crippen LogP contribution in [0.2, 0.25) is 0 Å². The van der Waals surface area contributed by atoms with Crippen molar-refractivity contribution < 1.29 is 13.2 Å². The fourth-order valence-electron chi connectivity index (χ4n) is 4.67. The quantitative estimate of drug-likeness (QED) is 0.609. The van der Waals surface area contributed by atoms with Gasteiger partial charge in [0.2, 0.25) is 0 Å². The third-order valence-corrected chi connectivity index (χ3v) is 8.08. The monoisotopic (exact) mass is 316 g/mol. The molecule has 0 aromatic heterocycles. The number of hydrogen-bond acceptors (Lipinski definition) is 5. The lowest BCUT2D eigenvalue weighted by atomic mass is 9.79. The summed E-state index contributed by atoms with van der Waals surface area (Å²) in [6.45, 7) is 0.746.